The normalized spacial score (nSPS) is 22.7. The molecule has 0 aliphatic carbocycles. The lowest BCUT2D eigenvalue weighted by Crippen LogP contribution is -2.62. The fourth-order valence-corrected chi connectivity index (χ4v) is 4.89. The lowest BCUT2D eigenvalue weighted by molar-refractivity contribution is -0.306. The van der Waals surface area contributed by atoms with Crippen molar-refractivity contribution < 1.29 is 47.4 Å². The van der Waals surface area contributed by atoms with Crippen LogP contribution < -0.4 is 0 Å². The standard InChI is InChI=1S/C32H39O10P/c1-32(2,3)31(33)41-29-28(39-21-25-17-11-6-12-18-25)27(38-20-24-15-9-5-10-16-24)26(40-30(29)42-43(34,35)36)22-37-19-23-13-7-4-8-14-23/h4-18,26-30H,19-22H2,1-3H3,(H2,34,35,36)/t26-,27+,28+,29-,30-/m1/s1. The Morgan fingerprint density at radius 1 is 0.744 bits per heavy atom. The van der Waals surface area contributed by atoms with Gasteiger partial charge in [0, 0.05) is 0 Å². The summed E-state index contributed by atoms with van der Waals surface area (Å²) >= 11 is 0. The minimum absolute atomic E-state index is 0.0273. The van der Waals surface area contributed by atoms with Crippen molar-refractivity contribution in [3.63, 3.8) is 0 Å². The number of esters is 1. The Balaban J connectivity index is 1.67. The van der Waals surface area contributed by atoms with Crippen LogP contribution in [0.4, 0.5) is 0 Å². The van der Waals surface area contributed by atoms with E-state index in [4.69, 9.17) is 28.2 Å². The van der Waals surface area contributed by atoms with E-state index in [1.54, 1.807) is 20.8 Å². The Bertz CT molecular complexity index is 1310. The SMILES string of the molecule is CC(C)(C)C(=O)O[C@H]1[C@@H](OP(=O)(O)O)O[C@H](COCc2ccccc2)[C@H](OCc2ccccc2)[C@@H]1OCc1ccccc1. The minimum Gasteiger partial charge on any atom is -0.454 e. The fourth-order valence-electron chi connectivity index (χ4n) is 4.45. The zero-order valence-electron chi connectivity index (χ0n) is 24.5. The van der Waals surface area contributed by atoms with Crippen molar-refractivity contribution in [2.45, 2.75) is 71.3 Å². The van der Waals surface area contributed by atoms with E-state index in [1.807, 2.05) is 91.0 Å². The maximum atomic E-state index is 13.1. The van der Waals surface area contributed by atoms with Crippen molar-refractivity contribution in [1.29, 1.82) is 0 Å². The summed E-state index contributed by atoms with van der Waals surface area (Å²) in [5.41, 5.74) is 1.70. The van der Waals surface area contributed by atoms with Crippen molar-refractivity contribution in [3.05, 3.63) is 108 Å². The number of carbonyl (C=O) groups is 1. The first-order valence-corrected chi connectivity index (χ1v) is 15.6. The van der Waals surface area contributed by atoms with Crippen LogP contribution in [0.15, 0.2) is 91.0 Å². The Hall–Kier alpha value is -2.92. The zero-order chi connectivity index (χ0) is 30.9. The maximum absolute atomic E-state index is 13.1. The molecule has 2 N–H and O–H groups in total. The van der Waals surface area contributed by atoms with Gasteiger partial charge in [0.2, 0.25) is 6.29 Å². The van der Waals surface area contributed by atoms with Crippen LogP contribution in [-0.2, 0) is 57.4 Å². The zero-order valence-corrected chi connectivity index (χ0v) is 25.4. The highest BCUT2D eigenvalue weighted by Crippen LogP contribution is 2.43. The molecule has 0 saturated carbocycles. The van der Waals surface area contributed by atoms with Crippen LogP contribution in [0.2, 0.25) is 0 Å². The average Bonchev–Trinajstić information content (AvgIpc) is 2.97. The number of benzene rings is 3. The van der Waals surface area contributed by atoms with Crippen LogP contribution in [0.5, 0.6) is 0 Å². The van der Waals surface area contributed by atoms with E-state index in [1.165, 1.54) is 0 Å². The van der Waals surface area contributed by atoms with Gasteiger partial charge in [-0.3, -0.25) is 9.32 Å². The molecular formula is C32H39O10P. The molecule has 3 aromatic carbocycles. The third-order valence-corrected chi connectivity index (χ3v) is 7.13. The lowest BCUT2D eigenvalue weighted by atomic mass is 9.95. The average molecular weight is 615 g/mol. The number of phosphoric ester groups is 1. The van der Waals surface area contributed by atoms with Gasteiger partial charge >= 0.3 is 13.8 Å². The molecular weight excluding hydrogens is 575 g/mol. The first-order chi connectivity index (χ1) is 20.5. The second kappa shape index (κ2) is 15.2. The third kappa shape index (κ3) is 10.3. The quantitative estimate of drug-likeness (QED) is 0.197. The van der Waals surface area contributed by atoms with E-state index >= 15 is 0 Å². The van der Waals surface area contributed by atoms with E-state index in [-0.39, 0.29) is 26.4 Å². The largest absolute Gasteiger partial charge is 0.472 e. The highest BCUT2D eigenvalue weighted by molar-refractivity contribution is 7.46. The number of carbonyl (C=O) groups excluding carboxylic acids is 1. The van der Waals surface area contributed by atoms with Gasteiger partial charge in [0.05, 0.1) is 31.8 Å². The number of hydrogen-bond donors (Lipinski definition) is 2. The molecule has 3 aromatic rings. The summed E-state index contributed by atoms with van der Waals surface area (Å²) in [6.07, 6.45) is -5.89. The Morgan fingerprint density at radius 2 is 1.21 bits per heavy atom. The van der Waals surface area contributed by atoms with Crippen molar-refractivity contribution >= 4 is 13.8 Å². The van der Waals surface area contributed by atoms with Crippen LogP contribution in [0.3, 0.4) is 0 Å². The summed E-state index contributed by atoms with van der Waals surface area (Å²) in [5.74, 6) is -0.630. The van der Waals surface area contributed by atoms with Gasteiger partial charge in [0.15, 0.2) is 6.10 Å². The molecule has 232 valence electrons. The summed E-state index contributed by atoms with van der Waals surface area (Å²) in [5, 5.41) is 0. The third-order valence-electron chi connectivity index (χ3n) is 6.65. The highest BCUT2D eigenvalue weighted by atomic mass is 31.2. The number of hydrogen-bond acceptors (Lipinski definition) is 8. The van der Waals surface area contributed by atoms with Crippen LogP contribution >= 0.6 is 7.82 Å². The van der Waals surface area contributed by atoms with Gasteiger partial charge in [-0.15, -0.1) is 0 Å². The molecule has 0 aromatic heterocycles. The second-order valence-corrected chi connectivity index (χ2v) is 12.5. The van der Waals surface area contributed by atoms with E-state index in [0.29, 0.717) is 0 Å². The molecule has 1 heterocycles. The summed E-state index contributed by atoms with van der Waals surface area (Å²) in [4.78, 5) is 32.7. The predicted molar refractivity (Wildman–Crippen MR) is 157 cm³/mol. The van der Waals surface area contributed by atoms with Gasteiger partial charge in [0.25, 0.3) is 0 Å². The van der Waals surface area contributed by atoms with Crippen LogP contribution in [0.25, 0.3) is 0 Å². The Labute approximate surface area is 252 Å². The lowest BCUT2D eigenvalue weighted by Gasteiger charge is -2.45. The molecule has 0 amide bonds. The van der Waals surface area contributed by atoms with Gasteiger partial charge in [-0.1, -0.05) is 91.0 Å². The molecule has 0 spiro atoms. The molecule has 11 heteroatoms. The van der Waals surface area contributed by atoms with Crippen LogP contribution in [0.1, 0.15) is 37.5 Å². The number of ether oxygens (including phenoxy) is 5. The van der Waals surface area contributed by atoms with Crippen LogP contribution in [0, 0.1) is 5.41 Å². The predicted octanol–water partition coefficient (Wildman–Crippen LogP) is 5.17. The second-order valence-electron chi connectivity index (χ2n) is 11.3. The molecule has 4 rings (SSSR count). The fraction of sp³-hybridized carbons (Fsp3) is 0.406. The molecule has 0 radical (unpaired) electrons. The molecule has 10 nitrogen and oxygen atoms in total. The molecule has 0 bridgehead atoms. The van der Waals surface area contributed by atoms with E-state index in [2.05, 4.69) is 0 Å². The monoisotopic (exact) mass is 614 g/mol. The van der Waals surface area contributed by atoms with Crippen molar-refractivity contribution in [3.8, 4) is 0 Å². The Morgan fingerprint density at radius 3 is 1.67 bits per heavy atom. The summed E-state index contributed by atoms with van der Waals surface area (Å²) in [6.45, 7) is 5.50. The summed E-state index contributed by atoms with van der Waals surface area (Å²) in [7, 11) is -5.10. The van der Waals surface area contributed by atoms with Gasteiger partial charge in [-0.25, -0.2) is 4.57 Å². The van der Waals surface area contributed by atoms with Crippen molar-refractivity contribution in [2.24, 2.45) is 5.41 Å². The molecule has 1 aliphatic heterocycles. The van der Waals surface area contributed by atoms with E-state index in [0.717, 1.165) is 16.7 Å². The molecule has 1 saturated heterocycles. The Kier molecular flexibility index (Phi) is 11.7. The first-order valence-electron chi connectivity index (χ1n) is 14.0. The topological polar surface area (TPSA) is 130 Å². The van der Waals surface area contributed by atoms with Gasteiger partial charge < -0.3 is 33.5 Å². The van der Waals surface area contributed by atoms with Gasteiger partial charge in [0.1, 0.15) is 18.3 Å². The smallest absolute Gasteiger partial charge is 0.454 e. The molecule has 0 unspecified atom stereocenters. The summed E-state index contributed by atoms with van der Waals surface area (Å²) < 4.78 is 47.8. The minimum atomic E-state index is -5.10. The molecule has 1 fully saturated rings. The van der Waals surface area contributed by atoms with E-state index in [9.17, 15) is 19.1 Å². The maximum Gasteiger partial charge on any atom is 0.472 e. The number of phosphoric acid groups is 1. The van der Waals surface area contributed by atoms with Gasteiger partial charge in [-0.2, -0.15) is 0 Å². The number of rotatable bonds is 13. The van der Waals surface area contributed by atoms with E-state index < -0.39 is 49.9 Å². The van der Waals surface area contributed by atoms with Crippen LogP contribution in [-0.4, -0.2) is 53.1 Å². The van der Waals surface area contributed by atoms with Crippen molar-refractivity contribution in [1.82, 2.24) is 0 Å². The molecule has 5 atom stereocenters. The highest BCUT2D eigenvalue weighted by Gasteiger charge is 2.52. The molecule has 1 aliphatic rings. The molecule has 43 heavy (non-hydrogen) atoms. The van der Waals surface area contributed by atoms with Crippen molar-refractivity contribution in [2.75, 3.05) is 6.61 Å². The van der Waals surface area contributed by atoms with Gasteiger partial charge in [-0.05, 0) is 37.5 Å². The summed E-state index contributed by atoms with van der Waals surface area (Å²) in [6, 6.07) is 28.4. The first kappa shape index (κ1) is 33.0.